The SMILES string of the molecule is CCCC(C)(N)C(=O)NCCOc1ccccc1C(F)(F)F. The van der Waals surface area contributed by atoms with Crippen LogP contribution in [0.1, 0.15) is 32.3 Å². The summed E-state index contributed by atoms with van der Waals surface area (Å²) in [5.74, 6) is -0.602. The smallest absolute Gasteiger partial charge is 0.419 e. The van der Waals surface area contributed by atoms with Gasteiger partial charge in [-0.3, -0.25) is 4.79 Å². The van der Waals surface area contributed by atoms with Crippen LogP contribution in [0.3, 0.4) is 0 Å². The number of amides is 1. The molecule has 3 N–H and O–H groups in total. The van der Waals surface area contributed by atoms with Gasteiger partial charge in [-0.1, -0.05) is 25.5 Å². The standard InChI is InChI=1S/C15H21F3N2O2/c1-3-8-14(2,19)13(21)20-9-10-22-12-7-5-4-6-11(12)15(16,17)18/h4-7H,3,8-10,19H2,1-2H3,(H,20,21). The second kappa shape index (κ2) is 7.49. The molecule has 1 rings (SSSR count). The van der Waals surface area contributed by atoms with Gasteiger partial charge < -0.3 is 15.8 Å². The van der Waals surface area contributed by atoms with E-state index in [1.54, 1.807) is 6.92 Å². The van der Waals surface area contributed by atoms with Gasteiger partial charge in [0.25, 0.3) is 0 Å². The fourth-order valence-corrected chi connectivity index (χ4v) is 1.99. The Morgan fingerprint density at radius 3 is 2.55 bits per heavy atom. The summed E-state index contributed by atoms with van der Waals surface area (Å²) in [5.41, 5.74) is 4.02. The minimum absolute atomic E-state index is 0.0684. The van der Waals surface area contributed by atoms with Crippen molar-refractivity contribution in [2.75, 3.05) is 13.2 Å². The molecule has 0 aliphatic carbocycles. The molecule has 22 heavy (non-hydrogen) atoms. The molecule has 0 saturated carbocycles. The third-order valence-electron chi connectivity index (χ3n) is 3.13. The Morgan fingerprint density at radius 2 is 1.95 bits per heavy atom. The third-order valence-corrected chi connectivity index (χ3v) is 3.13. The van der Waals surface area contributed by atoms with Crippen LogP contribution < -0.4 is 15.8 Å². The van der Waals surface area contributed by atoms with E-state index in [1.165, 1.54) is 18.2 Å². The second-order valence-corrected chi connectivity index (χ2v) is 5.27. The number of para-hydroxylation sites is 1. The van der Waals surface area contributed by atoms with Crippen molar-refractivity contribution < 1.29 is 22.7 Å². The van der Waals surface area contributed by atoms with Gasteiger partial charge in [0.05, 0.1) is 17.6 Å². The van der Waals surface area contributed by atoms with Crippen LogP contribution in [-0.2, 0) is 11.0 Å². The number of nitrogens with two attached hydrogens (primary N) is 1. The lowest BCUT2D eigenvalue weighted by molar-refractivity contribution is -0.139. The van der Waals surface area contributed by atoms with Gasteiger partial charge in [-0.25, -0.2) is 0 Å². The first kappa shape index (κ1) is 18.3. The van der Waals surface area contributed by atoms with Crippen LogP contribution in [-0.4, -0.2) is 24.6 Å². The molecule has 1 unspecified atom stereocenters. The fourth-order valence-electron chi connectivity index (χ4n) is 1.99. The molecular formula is C15H21F3N2O2. The maximum absolute atomic E-state index is 12.8. The van der Waals surface area contributed by atoms with E-state index in [-0.39, 0.29) is 24.8 Å². The molecule has 0 heterocycles. The molecule has 0 fully saturated rings. The monoisotopic (exact) mass is 318 g/mol. The summed E-state index contributed by atoms with van der Waals surface area (Å²) in [5, 5.41) is 2.57. The Kier molecular flexibility index (Phi) is 6.22. The number of hydrogen-bond donors (Lipinski definition) is 2. The summed E-state index contributed by atoms with van der Waals surface area (Å²) < 4.78 is 43.4. The molecule has 0 aliphatic rings. The average Bonchev–Trinajstić information content (AvgIpc) is 2.42. The van der Waals surface area contributed by atoms with E-state index in [4.69, 9.17) is 10.5 Å². The Hall–Kier alpha value is -1.76. The molecule has 1 amide bonds. The Labute approximate surface area is 127 Å². The van der Waals surface area contributed by atoms with Gasteiger partial charge in [-0.05, 0) is 25.5 Å². The van der Waals surface area contributed by atoms with Gasteiger partial charge in [0.1, 0.15) is 12.4 Å². The molecule has 1 aromatic rings. The molecular weight excluding hydrogens is 297 g/mol. The van der Waals surface area contributed by atoms with Crippen LogP contribution in [0.5, 0.6) is 5.75 Å². The lowest BCUT2D eigenvalue weighted by Gasteiger charge is -2.23. The van der Waals surface area contributed by atoms with Gasteiger partial charge >= 0.3 is 6.18 Å². The van der Waals surface area contributed by atoms with Crippen molar-refractivity contribution in [2.45, 2.75) is 38.4 Å². The Bertz CT molecular complexity index is 502. The molecule has 0 spiro atoms. The number of nitrogens with one attached hydrogen (secondary N) is 1. The van der Waals surface area contributed by atoms with Crippen molar-refractivity contribution in [3.8, 4) is 5.75 Å². The molecule has 0 aromatic heterocycles. The zero-order valence-electron chi connectivity index (χ0n) is 12.7. The number of hydrogen-bond acceptors (Lipinski definition) is 3. The van der Waals surface area contributed by atoms with Crippen LogP contribution in [0.25, 0.3) is 0 Å². The number of ether oxygens (including phenoxy) is 1. The molecule has 7 heteroatoms. The number of benzene rings is 1. The molecule has 1 atom stereocenters. The molecule has 124 valence electrons. The predicted octanol–water partition coefficient (Wildman–Crippen LogP) is 2.72. The first-order valence-electron chi connectivity index (χ1n) is 7.04. The van der Waals surface area contributed by atoms with Crippen LogP contribution >= 0.6 is 0 Å². The molecule has 0 saturated heterocycles. The van der Waals surface area contributed by atoms with Crippen molar-refractivity contribution in [1.29, 1.82) is 0 Å². The van der Waals surface area contributed by atoms with Crippen molar-refractivity contribution in [1.82, 2.24) is 5.32 Å². The third kappa shape index (κ3) is 5.22. The highest BCUT2D eigenvalue weighted by Crippen LogP contribution is 2.35. The number of carbonyl (C=O) groups is 1. The maximum Gasteiger partial charge on any atom is 0.419 e. The lowest BCUT2D eigenvalue weighted by atomic mass is 9.97. The van der Waals surface area contributed by atoms with E-state index in [1.807, 2.05) is 6.92 Å². The van der Waals surface area contributed by atoms with E-state index >= 15 is 0 Å². The first-order chi connectivity index (χ1) is 10.2. The fraction of sp³-hybridized carbons (Fsp3) is 0.533. The molecule has 1 aromatic carbocycles. The van der Waals surface area contributed by atoms with E-state index in [2.05, 4.69) is 5.32 Å². The highest BCUT2D eigenvalue weighted by atomic mass is 19.4. The normalized spacial score (nSPS) is 14.3. The van der Waals surface area contributed by atoms with Gasteiger partial charge in [-0.2, -0.15) is 13.2 Å². The van der Waals surface area contributed by atoms with Crippen LogP contribution in [0.15, 0.2) is 24.3 Å². The molecule has 4 nitrogen and oxygen atoms in total. The minimum Gasteiger partial charge on any atom is -0.491 e. The van der Waals surface area contributed by atoms with Crippen molar-refractivity contribution >= 4 is 5.91 Å². The topological polar surface area (TPSA) is 64.4 Å². The van der Waals surface area contributed by atoms with E-state index < -0.39 is 17.3 Å². The van der Waals surface area contributed by atoms with Crippen molar-refractivity contribution in [3.63, 3.8) is 0 Å². The maximum atomic E-state index is 12.8. The van der Waals surface area contributed by atoms with Gasteiger partial charge in [0.15, 0.2) is 0 Å². The molecule has 0 aliphatic heterocycles. The lowest BCUT2D eigenvalue weighted by Crippen LogP contribution is -2.52. The molecule has 0 radical (unpaired) electrons. The van der Waals surface area contributed by atoms with Crippen molar-refractivity contribution in [2.24, 2.45) is 5.73 Å². The summed E-state index contributed by atoms with van der Waals surface area (Å²) >= 11 is 0. The largest absolute Gasteiger partial charge is 0.491 e. The zero-order chi connectivity index (χ0) is 16.8. The predicted molar refractivity (Wildman–Crippen MR) is 77.4 cm³/mol. The highest BCUT2D eigenvalue weighted by Gasteiger charge is 2.34. The van der Waals surface area contributed by atoms with Gasteiger partial charge in [0.2, 0.25) is 5.91 Å². The minimum atomic E-state index is -4.48. The van der Waals surface area contributed by atoms with E-state index in [0.717, 1.165) is 12.5 Å². The van der Waals surface area contributed by atoms with Crippen LogP contribution in [0.2, 0.25) is 0 Å². The highest BCUT2D eigenvalue weighted by molar-refractivity contribution is 5.85. The van der Waals surface area contributed by atoms with Crippen LogP contribution in [0.4, 0.5) is 13.2 Å². The zero-order valence-corrected chi connectivity index (χ0v) is 12.7. The van der Waals surface area contributed by atoms with Crippen molar-refractivity contribution in [3.05, 3.63) is 29.8 Å². The number of rotatable bonds is 7. The number of carbonyl (C=O) groups excluding carboxylic acids is 1. The summed E-state index contributed by atoms with van der Waals surface area (Å²) in [4.78, 5) is 11.8. The van der Waals surface area contributed by atoms with Gasteiger partial charge in [-0.15, -0.1) is 0 Å². The Balaban J connectivity index is 2.51. The quantitative estimate of drug-likeness (QED) is 0.760. The van der Waals surface area contributed by atoms with E-state index in [0.29, 0.717) is 6.42 Å². The molecule has 0 bridgehead atoms. The summed E-state index contributed by atoms with van der Waals surface area (Å²) in [6.45, 7) is 3.55. The second-order valence-electron chi connectivity index (χ2n) is 5.27. The number of alkyl halides is 3. The summed E-state index contributed by atoms with van der Waals surface area (Å²) in [7, 11) is 0. The summed E-state index contributed by atoms with van der Waals surface area (Å²) in [6.07, 6.45) is -3.19. The first-order valence-corrected chi connectivity index (χ1v) is 7.04. The summed E-state index contributed by atoms with van der Waals surface area (Å²) in [6, 6.07) is 4.95. The van der Waals surface area contributed by atoms with Gasteiger partial charge in [0, 0.05) is 0 Å². The average molecular weight is 318 g/mol. The number of halogens is 3. The Morgan fingerprint density at radius 1 is 1.32 bits per heavy atom. The van der Waals surface area contributed by atoms with Crippen LogP contribution in [0, 0.1) is 0 Å². The van der Waals surface area contributed by atoms with E-state index in [9.17, 15) is 18.0 Å².